The molecule has 1 aromatic carbocycles. The van der Waals surface area contributed by atoms with E-state index in [1.807, 2.05) is 37.3 Å². The van der Waals surface area contributed by atoms with Crippen LogP contribution in [0, 0.1) is 0 Å². The van der Waals surface area contributed by atoms with Crippen molar-refractivity contribution in [3.05, 3.63) is 35.9 Å². The number of nitrogens with one attached hydrogen (secondary N) is 1. The van der Waals surface area contributed by atoms with Crippen LogP contribution in [0.3, 0.4) is 0 Å². The largest absolute Gasteiger partial charge is 0.280 e. The van der Waals surface area contributed by atoms with Gasteiger partial charge in [-0.25, -0.2) is 0 Å². The average Bonchev–Trinajstić information content (AvgIpc) is 2.94. The first-order valence-electron chi connectivity index (χ1n) is 6.38. The number of alkyl halides is 1. The van der Waals surface area contributed by atoms with Gasteiger partial charge in [-0.2, -0.15) is 17.4 Å². The summed E-state index contributed by atoms with van der Waals surface area (Å²) in [5.74, 6) is 0. The van der Waals surface area contributed by atoms with Gasteiger partial charge in [-0.1, -0.05) is 46.3 Å². The minimum absolute atomic E-state index is 0.525. The summed E-state index contributed by atoms with van der Waals surface area (Å²) in [6.45, 7) is 3.12. The predicted molar refractivity (Wildman–Crippen MR) is 80.5 cm³/mol. The van der Waals surface area contributed by atoms with Crippen molar-refractivity contribution in [3.8, 4) is 0 Å². The van der Waals surface area contributed by atoms with Gasteiger partial charge in [-0.3, -0.25) is 0 Å². The summed E-state index contributed by atoms with van der Waals surface area (Å²) in [5, 5.41) is 0.525. The molecule has 1 saturated heterocycles. The molecule has 0 radical (unpaired) electrons. The highest BCUT2D eigenvalue weighted by Crippen LogP contribution is 2.25. The highest BCUT2D eigenvalue weighted by molar-refractivity contribution is 9.09. The zero-order valence-corrected chi connectivity index (χ0v) is 13.4. The summed E-state index contributed by atoms with van der Waals surface area (Å²) in [5.41, 5.74) is 0.317. The lowest BCUT2D eigenvalue weighted by molar-refractivity contribution is 0.422. The smallest absolute Gasteiger partial charge is 0.195 e. The number of hydrogen-bond donors (Lipinski definition) is 1. The van der Waals surface area contributed by atoms with Crippen molar-refractivity contribution in [3.63, 3.8) is 0 Å². The number of benzene rings is 1. The second-order valence-electron chi connectivity index (χ2n) is 5.05. The molecule has 106 valence electrons. The molecule has 19 heavy (non-hydrogen) atoms. The van der Waals surface area contributed by atoms with Gasteiger partial charge in [0.2, 0.25) is 0 Å². The first-order valence-corrected chi connectivity index (χ1v) is 8.95. The van der Waals surface area contributed by atoms with E-state index in [1.54, 1.807) is 0 Å². The van der Waals surface area contributed by atoms with E-state index in [-0.39, 0.29) is 0 Å². The van der Waals surface area contributed by atoms with E-state index >= 15 is 0 Å². The molecule has 0 bridgehead atoms. The normalized spacial score (nSPS) is 20.3. The Morgan fingerprint density at radius 3 is 2.37 bits per heavy atom. The Morgan fingerprint density at radius 2 is 1.84 bits per heavy atom. The van der Waals surface area contributed by atoms with E-state index in [9.17, 15) is 8.42 Å². The van der Waals surface area contributed by atoms with Crippen molar-refractivity contribution >= 4 is 26.1 Å². The van der Waals surface area contributed by atoms with Crippen molar-refractivity contribution in [2.45, 2.75) is 25.3 Å². The van der Waals surface area contributed by atoms with Crippen LogP contribution >= 0.6 is 15.9 Å². The molecule has 0 aliphatic carbocycles. The van der Waals surface area contributed by atoms with Crippen molar-refractivity contribution in [1.82, 2.24) is 9.03 Å². The third-order valence-electron chi connectivity index (χ3n) is 3.44. The molecular weight excluding hydrogens is 328 g/mol. The third-order valence-corrected chi connectivity index (χ3v) is 6.31. The van der Waals surface area contributed by atoms with E-state index in [4.69, 9.17) is 0 Å². The minimum Gasteiger partial charge on any atom is -0.195 e. The zero-order valence-electron chi connectivity index (χ0n) is 11.0. The summed E-state index contributed by atoms with van der Waals surface area (Å²) < 4.78 is 29.1. The van der Waals surface area contributed by atoms with Crippen molar-refractivity contribution in [2.24, 2.45) is 0 Å². The van der Waals surface area contributed by atoms with Crippen LogP contribution < -0.4 is 4.72 Å². The molecule has 1 aliphatic rings. The van der Waals surface area contributed by atoms with E-state index in [0.717, 1.165) is 18.4 Å². The van der Waals surface area contributed by atoms with Gasteiger partial charge in [0.15, 0.2) is 0 Å². The fourth-order valence-corrected chi connectivity index (χ4v) is 4.52. The van der Waals surface area contributed by atoms with Crippen LogP contribution in [0.25, 0.3) is 0 Å². The molecule has 1 heterocycles. The van der Waals surface area contributed by atoms with Gasteiger partial charge in [0, 0.05) is 18.4 Å². The lowest BCUT2D eigenvalue weighted by Gasteiger charge is -2.31. The molecule has 1 aliphatic heterocycles. The maximum Gasteiger partial charge on any atom is 0.280 e. The summed E-state index contributed by atoms with van der Waals surface area (Å²) in [7, 11) is -3.42. The lowest BCUT2D eigenvalue weighted by Crippen LogP contribution is -2.50. The Kier molecular flexibility index (Phi) is 4.66. The Bertz CT molecular complexity index is 515. The van der Waals surface area contributed by atoms with Gasteiger partial charge in [-0.05, 0) is 25.3 Å². The van der Waals surface area contributed by atoms with Crippen molar-refractivity contribution in [1.29, 1.82) is 0 Å². The Labute approximate surface area is 123 Å². The summed E-state index contributed by atoms with van der Waals surface area (Å²) >= 11 is 3.42. The molecule has 1 aromatic rings. The Morgan fingerprint density at radius 1 is 1.26 bits per heavy atom. The zero-order chi connectivity index (χ0) is 13.9. The first kappa shape index (κ1) is 15.0. The highest BCUT2D eigenvalue weighted by Gasteiger charge is 2.34. The van der Waals surface area contributed by atoms with Crippen molar-refractivity contribution < 1.29 is 8.42 Å². The average molecular weight is 347 g/mol. The molecule has 0 amide bonds. The van der Waals surface area contributed by atoms with Crippen LogP contribution in [-0.2, 0) is 15.7 Å². The van der Waals surface area contributed by atoms with E-state index < -0.39 is 15.7 Å². The van der Waals surface area contributed by atoms with Gasteiger partial charge in [0.05, 0.1) is 5.54 Å². The molecular formula is C13H19BrN2O2S. The predicted octanol–water partition coefficient (Wildman–Crippen LogP) is 2.23. The fraction of sp³-hybridized carbons (Fsp3) is 0.538. The third kappa shape index (κ3) is 3.37. The molecule has 2 rings (SSSR count). The number of rotatable bonds is 5. The molecule has 1 N–H and O–H groups in total. The Balaban J connectivity index is 2.23. The van der Waals surface area contributed by atoms with E-state index in [2.05, 4.69) is 20.7 Å². The van der Waals surface area contributed by atoms with Crippen LogP contribution in [0.4, 0.5) is 0 Å². The monoisotopic (exact) mass is 346 g/mol. The summed E-state index contributed by atoms with van der Waals surface area (Å²) in [6.07, 6.45) is 1.88. The van der Waals surface area contributed by atoms with Crippen LogP contribution in [0.2, 0.25) is 0 Å². The molecule has 0 saturated carbocycles. The van der Waals surface area contributed by atoms with Gasteiger partial charge >= 0.3 is 0 Å². The van der Waals surface area contributed by atoms with Crippen LogP contribution in [0.15, 0.2) is 30.3 Å². The fourth-order valence-electron chi connectivity index (χ4n) is 2.25. The number of nitrogens with zero attached hydrogens (tertiary/aromatic N) is 1. The Hall–Kier alpha value is -0.430. The SMILES string of the molecule is CC(CBr)(NS(=O)(=O)N1CCCC1)c1ccccc1. The van der Waals surface area contributed by atoms with Gasteiger partial charge in [-0.15, -0.1) is 0 Å². The molecule has 0 aromatic heterocycles. The highest BCUT2D eigenvalue weighted by atomic mass is 79.9. The van der Waals surface area contributed by atoms with Gasteiger partial charge in [0.1, 0.15) is 0 Å². The summed E-state index contributed by atoms with van der Waals surface area (Å²) in [6, 6.07) is 9.63. The summed E-state index contributed by atoms with van der Waals surface area (Å²) in [4.78, 5) is 0. The lowest BCUT2D eigenvalue weighted by atomic mass is 9.96. The number of hydrogen-bond acceptors (Lipinski definition) is 2. The van der Waals surface area contributed by atoms with E-state index in [0.29, 0.717) is 18.4 Å². The first-order chi connectivity index (χ1) is 8.98. The number of halogens is 1. The minimum atomic E-state index is -3.42. The molecule has 0 spiro atoms. The van der Waals surface area contributed by atoms with Crippen LogP contribution in [0.5, 0.6) is 0 Å². The van der Waals surface area contributed by atoms with Crippen molar-refractivity contribution in [2.75, 3.05) is 18.4 Å². The van der Waals surface area contributed by atoms with E-state index in [1.165, 1.54) is 4.31 Å². The molecule has 1 fully saturated rings. The van der Waals surface area contributed by atoms with Gasteiger partial charge in [0.25, 0.3) is 10.2 Å². The van der Waals surface area contributed by atoms with Gasteiger partial charge < -0.3 is 0 Å². The standard InChI is InChI=1S/C13H19BrN2O2S/c1-13(11-14,12-7-3-2-4-8-12)15-19(17,18)16-9-5-6-10-16/h2-4,7-8,15H,5-6,9-11H2,1H3. The molecule has 1 unspecified atom stereocenters. The maximum atomic E-state index is 12.4. The second-order valence-corrected chi connectivity index (χ2v) is 7.28. The second kappa shape index (κ2) is 5.91. The van der Waals surface area contributed by atoms with Crippen LogP contribution in [-0.4, -0.2) is 31.1 Å². The topological polar surface area (TPSA) is 49.4 Å². The molecule has 4 nitrogen and oxygen atoms in total. The quantitative estimate of drug-likeness (QED) is 0.831. The molecule has 1 atom stereocenters. The van der Waals surface area contributed by atoms with Crippen LogP contribution in [0.1, 0.15) is 25.3 Å². The molecule has 6 heteroatoms. The maximum absolute atomic E-state index is 12.4.